The molecule has 0 atom stereocenters. The van der Waals surface area contributed by atoms with E-state index in [1.807, 2.05) is 24.4 Å². The number of amides is 1. The summed E-state index contributed by atoms with van der Waals surface area (Å²) in [5.74, 6) is -0.194. The van der Waals surface area contributed by atoms with Gasteiger partial charge in [0.25, 0.3) is 0 Å². The van der Waals surface area contributed by atoms with Crippen molar-refractivity contribution in [2.24, 2.45) is 0 Å². The van der Waals surface area contributed by atoms with Crippen LogP contribution in [-0.2, 0) is 27.8 Å². The molecular formula is C17H20N2O3S2. The first-order valence-electron chi connectivity index (χ1n) is 7.77. The number of aryl methyl sites for hydroxylation is 2. The van der Waals surface area contributed by atoms with Gasteiger partial charge in [-0.05, 0) is 54.5 Å². The smallest absolute Gasteiger partial charge is 0.241 e. The number of carbonyl (C=O) groups excluding carboxylic acids is 1. The minimum absolute atomic E-state index is 0.194. The second kappa shape index (κ2) is 6.66. The van der Waals surface area contributed by atoms with Crippen LogP contribution in [0.15, 0.2) is 34.5 Å². The Balaban J connectivity index is 1.67. The summed E-state index contributed by atoms with van der Waals surface area (Å²) in [7, 11) is -3.69. The van der Waals surface area contributed by atoms with Gasteiger partial charge in [-0.25, -0.2) is 13.1 Å². The number of rotatable bonds is 4. The molecule has 7 heteroatoms. The number of nitrogens with one attached hydrogen (secondary N) is 1. The minimum atomic E-state index is -3.69. The van der Waals surface area contributed by atoms with Gasteiger partial charge in [0.1, 0.15) is 0 Å². The Kier molecular flexibility index (Phi) is 4.76. The molecule has 1 aliphatic rings. The highest BCUT2D eigenvalue weighted by Crippen LogP contribution is 2.24. The fraction of sp³-hybridized carbons (Fsp3) is 0.353. The van der Waals surface area contributed by atoms with Gasteiger partial charge in [-0.15, -0.1) is 11.3 Å². The van der Waals surface area contributed by atoms with Crippen molar-refractivity contribution in [2.75, 3.05) is 13.1 Å². The van der Waals surface area contributed by atoms with Gasteiger partial charge in [0.15, 0.2) is 0 Å². The number of hydrogen-bond acceptors (Lipinski definition) is 4. The van der Waals surface area contributed by atoms with Crippen molar-refractivity contribution in [3.8, 4) is 0 Å². The zero-order valence-corrected chi connectivity index (χ0v) is 15.3. The lowest BCUT2D eigenvalue weighted by atomic mass is 10.1. The third-order valence-electron chi connectivity index (χ3n) is 4.21. The molecule has 1 N–H and O–H groups in total. The Hall–Kier alpha value is -1.70. The van der Waals surface area contributed by atoms with E-state index in [1.54, 1.807) is 35.3 Å². The van der Waals surface area contributed by atoms with Crippen LogP contribution in [0.4, 0.5) is 0 Å². The molecule has 0 unspecified atom stereocenters. The SMILES string of the molecule is Cc1ccc(C)c(S(=O)(=O)NCC(=O)N2CCc3sccc3C2)c1. The fourth-order valence-electron chi connectivity index (χ4n) is 2.80. The van der Waals surface area contributed by atoms with Gasteiger partial charge in [-0.3, -0.25) is 4.79 Å². The Morgan fingerprint density at radius 2 is 2.08 bits per heavy atom. The summed E-state index contributed by atoms with van der Waals surface area (Å²) in [6.07, 6.45) is 0.836. The van der Waals surface area contributed by atoms with Gasteiger partial charge in [-0.2, -0.15) is 0 Å². The van der Waals surface area contributed by atoms with E-state index in [-0.39, 0.29) is 17.3 Å². The molecule has 5 nitrogen and oxygen atoms in total. The molecule has 0 aliphatic carbocycles. The lowest BCUT2D eigenvalue weighted by molar-refractivity contribution is -0.130. The molecule has 0 bridgehead atoms. The predicted molar refractivity (Wildman–Crippen MR) is 94.5 cm³/mol. The number of benzene rings is 1. The van der Waals surface area contributed by atoms with Crippen LogP contribution < -0.4 is 4.72 Å². The van der Waals surface area contributed by atoms with Crippen LogP contribution in [0.5, 0.6) is 0 Å². The lowest BCUT2D eigenvalue weighted by Gasteiger charge is -2.27. The lowest BCUT2D eigenvalue weighted by Crippen LogP contribution is -2.42. The second-order valence-electron chi connectivity index (χ2n) is 6.03. The van der Waals surface area contributed by atoms with Gasteiger partial charge in [-0.1, -0.05) is 12.1 Å². The summed E-state index contributed by atoms with van der Waals surface area (Å²) in [4.78, 5) is 15.6. The summed E-state index contributed by atoms with van der Waals surface area (Å²) in [6.45, 7) is 4.57. The molecule has 1 aromatic carbocycles. The normalized spacial score (nSPS) is 14.5. The number of nitrogens with zero attached hydrogens (tertiary/aromatic N) is 1. The first-order chi connectivity index (χ1) is 11.4. The number of carbonyl (C=O) groups is 1. The summed E-state index contributed by atoms with van der Waals surface area (Å²) in [5.41, 5.74) is 2.70. The molecule has 3 rings (SSSR count). The first kappa shape index (κ1) is 17.1. The molecule has 24 heavy (non-hydrogen) atoms. The fourth-order valence-corrected chi connectivity index (χ4v) is 5.00. The predicted octanol–water partition coefficient (Wildman–Crippen LogP) is 2.23. The van der Waals surface area contributed by atoms with Gasteiger partial charge in [0, 0.05) is 18.0 Å². The summed E-state index contributed by atoms with van der Waals surface area (Å²) in [6, 6.07) is 7.29. The molecular weight excluding hydrogens is 344 g/mol. The monoisotopic (exact) mass is 364 g/mol. The molecule has 0 spiro atoms. The largest absolute Gasteiger partial charge is 0.337 e. The van der Waals surface area contributed by atoms with E-state index in [0.29, 0.717) is 18.7 Å². The Morgan fingerprint density at radius 1 is 1.29 bits per heavy atom. The van der Waals surface area contributed by atoms with Crippen molar-refractivity contribution in [2.45, 2.75) is 31.7 Å². The Labute approximate surface area is 146 Å². The number of hydrogen-bond donors (Lipinski definition) is 1. The van der Waals surface area contributed by atoms with Gasteiger partial charge < -0.3 is 4.90 Å². The molecule has 2 aromatic rings. The van der Waals surface area contributed by atoms with Crippen LogP contribution in [0, 0.1) is 13.8 Å². The number of thiophene rings is 1. The third-order valence-corrected chi connectivity index (χ3v) is 6.77. The highest BCUT2D eigenvalue weighted by molar-refractivity contribution is 7.89. The van der Waals surface area contributed by atoms with Crippen molar-refractivity contribution in [3.05, 3.63) is 51.2 Å². The molecule has 1 aliphatic heterocycles. The second-order valence-corrected chi connectivity index (χ2v) is 8.76. The maximum atomic E-state index is 12.5. The van der Waals surface area contributed by atoms with Crippen LogP contribution >= 0.6 is 11.3 Å². The van der Waals surface area contributed by atoms with E-state index in [9.17, 15) is 13.2 Å². The molecule has 128 valence electrons. The van der Waals surface area contributed by atoms with Crippen LogP contribution in [0.1, 0.15) is 21.6 Å². The van der Waals surface area contributed by atoms with Crippen molar-refractivity contribution in [3.63, 3.8) is 0 Å². The van der Waals surface area contributed by atoms with Gasteiger partial charge in [0.05, 0.1) is 11.4 Å². The molecule has 1 aromatic heterocycles. The standard InChI is InChI=1S/C17H20N2O3S2/c1-12-3-4-13(2)16(9-12)24(21,22)18-10-17(20)19-7-5-15-14(11-19)6-8-23-15/h3-4,6,8-9,18H,5,7,10-11H2,1-2H3. The van der Waals surface area contributed by atoms with Crippen molar-refractivity contribution >= 4 is 27.3 Å². The summed E-state index contributed by atoms with van der Waals surface area (Å²) in [5, 5.41) is 2.03. The highest BCUT2D eigenvalue weighted by atomic mass is 32.2. The van der Waals surface area contributed by atoms with Crippen LogP contribution in [0.25, 0.3) is 0 Å². The van der Waals surface area contributed by atoms with Gasteiger partial charge in [0.2, 0.25) is 15.9 Å². The van der Waals surface area contributed by atoms with Crippen molar-refractivity contribution in [1.82, 2.24) is 9.62 Å². The molecule has 0 saturated carbocycles. The van der Waals surface area contributed by atoms with Crippen LogP contribution in [-0.4, -0.2) is 32.3 Å². The summed E-state index contributed by atoms with van der Waals surface area (Å²) >= 11 is 1.71. The van der Waals surface area contributed by atoms with E-state index in [0.717, 1.165) is 17.5 Å². The average Bonchev–Trinajstić information content (AvgIpc) is 3.02. The number of fused-ring (bicyclic) bond motifs is 1. The maximum absolute atomic E-state index is 12.5. The van der Waals surface area contributed by atoms with E-state index in [4.69, 9.17) is 0 Å². The molecule has 0 fully saturated rings. The first-order valence-corrected chi connectivity index (χ1v) is 10.1. The van der Waals surface area contributed by atoms with E-state index in [2.05, 4.69) is 4.72 Å². The molecule has 0 saturated heterocycles. The number of sulfonamides is 1. The van der Waals surface area contributed by atoms with Gasteiger partial charge >= 0.3 is 0 Å². The average molecular weight is 364 g/mol. The topological polar surface area (TPSA) is 66.5 Å². The molecule has 1 amide bonds. The zero-order valence-electron chi connectivity index (χ0n) is 13.7. The summed E-state index contributed by atoms with van der Waals surface area (Å²) < 4.78 is 27.4. The van der Waals surface area contributed by atoms with Crippen LogP contribution in [0.3, 0.4) is 0 Å². The van der Waals surface area contributed by atoms with Crippen molar-refractivity contribution in [1.29, 1.82) is 0 Å². The van der Waals surface area contributed by atoms with E-state index >= 15 is 0 Å². The van der Waals surface area contributed by atoms with E-state index in [1.165, 1.54) is 4.88 Å². The van der Waals surface area contributed by atoms with Crippen molar-refractivity contribution < 1.29 is 13.2 Å². The highest BCUT2D eigenvalue weighted by Gasteiger charge is 2.24. The van der Waals surface area contributed by atoms with Crippen LogP contribution in [0.2, 0.25) is 0 Å². The molecule has 2 heterocycles. The Morgan fingerprint density at radius 3 is 2.88 bits per heavy atom. The third kappa shape index (κ3) is 3.53. The van der Waals surface area contributed by atoms with E-state index < -0.39 is 10.0 Å². The molecule has 0 radical (unpaired) electrons. The zero-order chi connectivity index (χ0) is 17.3. The quantitative estimate of drug-likeness (QED) is 0.905. The Bertz CT molecular complexity index is 872. The minimum Gasteiger partial charge on any atom is -0.337 e. The maximum Gasteiger partial charge on any atom is 0.241 e.